The van der Waals surface area contributed by atoms with Crippen molar-refractivity contribution in [2.75, 3.05) is 30.8 Å². The van der Waals surface area contributed by atoms with Gasteiger partial charge in [-0.2, -0.15) is 0 Å². The van der Waals surface area contributed by atoms with Gasteiger partial charge < -0.3 is 14.8 Å². The van der Waals surface area contributed by atoms with E-state index in [9.17, 15) is 17.6 Å². The number of carbonyl (C=O) groups excluding carboxylic acids is 1. The first kappa shape index (κ1) is 24.1. The number of halogens is 1. The van der Waals surface area contributed by atoms with Crippen LogP contribution in [0.15, 0.2) is 72.8 Å². The molecule has 0 aliphatic carbocycles. The summed E-state index contributed by atoms with van der Waals surface area (Å²) in [5.74, 6) is 0.523. The topological polar surface area (TPSA) is 84.9 Å². The van der Waals surface area contributed by atoms with Crippen molar-refractivity contribution in [3.63, 3.8) is 0 Å². The van der Waals surface area contributed by atoms with E-state index < -0.39 is 10.0 Å². The molecule has 0 radical (unpaired) electrons. The minimum Gasteiger partial charge on any atom is -0.497 e. The summed E-state index contributed by atoms with van der Waals surface area (Å²) in [6, 6.07) is 19.1. The molecule has 0 atom stereocenters. The van der Waals surface area contributed by atoms with Crippen molar-refractivity contribution in [1.82, 2.24) is 5.32 Å². The predicted molar refractivity (Wildman–Crippen MR) is 125 cm³/mol. The van der Waals surface area contributed by atoms with Gasteiger partial charge in [0.15, 0.2) is 0 Å². The monoisotopic (exact) mass is 472 g/mol. The molecule has 0 aliphatic rings. The molecule has 1 N–H and O–H groups in total. The number of ether oxygens (including phenoxy) is 2. The molecule has 3 aromatic carbocycles. The summed E-state index contributed by atoms with van der Waals surface area (Å²) in [7, 11) is -1.98. The molecule has 0 saturated carbocycles. The van der Waals surface area contributed by atoms with Crippen LogP contribution >= 0.6 is 0 Å². The third-order valence-corrected chi connectivity index (χ3v) is 5.91. The van der Waals surface area contributed by atoms with E-state index in [1.165, 1.54) is 28.6 Å². The van der Waals surface area contributed by atoms with Crippen LogP contribution in [0.2, 0.25) is 0 Å². The normalized spacial score (nSPS) is 11.0. The number of nitrogens with one attached hydrogen (secondary N) is 1. The second-order valence-corrected chi connectivity index (χ2v) is 9.13. The van der Waals surface area contributed by atoms with Gasteiger partial charge in [0.2, 0.25) is 10.0 Å². The van der Waals surface area contributed by atoms with Gasteiger partial charge in [-0.3, -0.25) is 9.10 Å². The summed E-state index contributed by atoms with van der Waals surface area (Å²) in [5.41, 5.74) is 1.68. The van der Waals surface area contributed by atoms with Crippen molar-refractivity contribution >= 4 is 21.6 Å². The van der Waals surface area contributed by atoms with Crippen molar-refractivity contribution in [3.05, 3.63) is 89.7 Å². The molecule has 0 fully saturated rings. The Labute approximate surface area is 192 Å². The summed E-state index contributed by atoms with van der Waals surface area (Å²) in [6.07, 6.45) is 1.15. The Balaban J connectivity index is 1.57. The number of hydrogen-bond donors (Lipinski definition) is 1. The van der Waals surface area contributed by atoms with Gasteiger partial charge in [-0.15, -0.1) is 0 Å². The lowest BCUT2D eigenvalue weighted by Gasteiger charge is -2.23. The van der Waals surface area contributed by atoms with E-state index in [1.54, 1.807) is 55.6 Å². The highest BCUT2D eigenvalue weighted by atomic mass is 32.2. The molecule has 1 amide bonds. The zero-order valence-corrected chi connectivity index (χ0v) is 19.1. The largest absolute Gasteiger partial charge is 0.497 e. The maximum Gasteiger partial charge on any atom is 0.251 e. The number of benzene rings is 3. The fraction of sp³-hybridized carbons (Fsp3) is 0.208. The molecule has 0 aliphatic heterocycles. The molecule has 0 heterocycles. The first-order valence-corrected chi connectivity index (χ1v) is 12.0. The van der Waals surface area contributed by atoms with Crippen LogP contribution in [0.25, 0.3) is 0 Å². The van der Waals surface area contributed by atoms with Crippen molar-refractivity contribution in [2.45, 2.75) is 6.54 Å². The van der Waals surface area contributed by atoms with Gasteiger partial charge in [-0.1, -0.05) is 12.1 Å². The van der Waals surface area contributed by atoms with Crippen molar-refractivity contribution in [1.29, 1.82) is 0 Å². The quantitative estimate of drug-likeness (QED) is 0.456. The molecule has 9 heteroatoms. The minimum absolute atomic E-state index is 0.124. The maximum absolute atomic E-state index is 12.9. The summed E-state index contributed by atoms with van der Waals surface area (Å²) in [6.45, 7) is 0.635. The number of rotatable bonds is 10. The molecule has 7 nitrogen and oxygen atoms in total. The highest BCUT2D eigenvalue weighted by Gasteiger charge is 2.18. The lowest BCUT2D eigenvalue weighted by atomic mass is 10.1. The van der Waals surface area contributed by atoms with Crippen LogP contribution in [0.4, 0.5) is 10.1 Å². The van der Waals surface area contributed by atoms with E-state index in [2.05, 4.69) is 5.32 Å². The van der Waals surface area contributed by atoms with E-state index in [4.69, 9.17) is 9.47 Å². The third-order valence-electron chi connectivity index (χ3n) is 4.77. The summed E-state index contributed by atoms with van der Waals surface area (Å²) in [4.78, 5) is 12.3. The molecule has 33 heavy (non-hydrogen) atoms. The fourth-order valence-electron chi connectivity index (χ4n) is 3.04. The molecule has 0 unspecified atom stereocenters. The lowest BCUT2D eigenvalue weighted by Crippen LogP contribution is -2.29. The summed E-state index contributed by atoms with van der Waals surface area (Å²) in [5, 5.41) is 2.75. The number of carbonyl (C=O) groups is 1. The molecule has 0 aromatic heterocycles. The molecule has 0 bridgehead atoms. The van der Waals surface area contributed by atoms with Crippen LogP contribution < -0.4 is 19.1 Å². The summed E-state index contributed by atoms with van der Waals surface area (Å²) >= 11 is 0. The average Bonchev–Trinajstić information content (AvgIpc) is 2.81. The Morgan fingerprint density at radius 3 is 2.12 bits per heavy atom. The van der Waals surface area contributed by atoms with E-state index in [0.717, 1.165) is 11.8 Å². The predicted octanol–water partition coefficient (Wildman–Crippen LogP) is 3.61. The zero-order valence-electron chi connectivity index (χ0n) is 18.3. The Morgan fingerprint density at radius 1 is 0.939 bits per heavy atom. The molecule has 174 valence electrons. The van der Waals surface area contributed by atoms with Crippen LogP contribution in [0, 0.1) is 5.82 Å². The van der Waals surface area contributed by atoms with Gasteiger partial charge in [0.25, 0.3) is 5.91 Å². The highest BCUT2D eigenvalue weighted by Crippen LogP contribution is 2.23. The molecular weight excluding hydrogens is 447 g/mol. The molecule has 0 saturated heterocycles. The second-order valence-electron chi connectivity index (χ2n) is 7.22. The van der Waals surface area contributed by atoms with Crippen LogP contribution in [0.5, 0.6) is 11.5 Å². The number of amides is 1. The number of hydrogen-bond acceptors (Lipinski definition) is 5. The van der Waals surface area contributed by atoms with E-state index in [0.29, 0.717) is 22.7 Å². The van der Waals surface area contributed by atoms with Crippen LogP contribution in [-0.2, 0) is 16.6 Å². The number of methoxy groups -OCH3 is 1. The minimum atomic E-state index is -3.52. The van der Waals surface area contributed by atoms with E-state index in [-0.39, 0.29) is 31.4 Å². The third kappa shape index (κ3) is 6.95. The smallest absolute Gasteiger partial charge is 0.251 e. The summed E-state index contributed by atoms with van der Waals surface area (Å²) < 4.78 is 49.4. The van der Waals surface area contributed by atoms with Crippen LogP contribution in [0.1, 0.15) is 15.9 Å². The van der Waals surface area contributed by atoms with Gasteiger partial charge in [-0.05, 0) is 66.2 Å². The van der Waals surface area contributed by atoms with Crippen LogP contribution in [-0.4, -0.2) is 40.8 Å². The number of sulfonamides is 1. The molecule has 3 aromatic rings. The average molecular weight is 473 g/mol. The SMILES string of the molecule is COc1ccc(N(Cc2ccc(C(=O)NCCOc3ccc(F)cc3)cc2)S(C)(=O)=O)cc1. The van der Waals surface area contributed by atoms with E-state index >= 15 is 0 Å². The van der Waals surface area contributed by atoms with Gasteiger partial charge in [0.1, 0.15) is 23.9 Å². The Morgan fingerprint density at radius 2 is 1.55 bits per heavy atom. The molecule has 3 rings (SSSR count). The standard InChI is InChI=1S/C24H25FN2O5S/c1-31-22-13-9-21(10-14-22)27(33(2,29)30)17-18-3-5-19(6-4-18)24(28)26-15-16-32-23-11-7-20(25)8-12-23/h3-14H,15-17H2,1-2H3,(H,26,28). The van der Waals surface area contributed by atoms with Crippen molar-refractivity contribution < 1.29 is 27.1 Å². The Kier molecular flexibility index (Phi) is 7.89. The molecule has 0 spiro atoms. The first-order chi connectivity index (χ1) is 15.8. The zero-order chi connectivity index (χ0) is 23.8. The maximum atomic E-state index is 12.9. The Bertz CT molecular complexity index is 1160. The fourth-order valence-corrected chi connectivity index (χ4v) is 3.93. The van der Waals surface area contributed by atoms with Gasteiger partial charge in [0, 0.05) is 5.56 Å². The van der Waals surface area contributed by atoms with Gasteiger partial charge in [0.05, 0.1) is 32.1 Å². The number of anilines is 1. The van der Waals surface area contributed by atoms with Crippen molar-refractivity contribution in [3.8, 4) is 11.5 Å². The van der Waals surface area contributed by atoms with Crippen LogP contribution in [0.3, 0.4) is 0 Å². The Hall–Kier alpha value is -3.59. The van der Waals surface area contributed by atoms with Gasteiger partial charge >= 0.3 is 0 Å². The van der Waals surface area contributed by atoms with E-state index in [1.807, 2.05) is 0 Å². The number of nitrogens with zero attached hydrogens (tertiary/aromatic N) is 1. The highest BCUT2D eigenvalue weighted by molar-refractivity contribution is 7.92. The lowest BCUT2D eigenvalue weighted by molar-refractivity contribution is 0.0947. The van der Waals surface area contributed by atoms with Crippen molar-refractivity contribution in [2.24, 2.45) is 0 Å². The second kappa shape index (κ2) is 10.8. The first-order valence-electron chi connectivity index (χ1n) is 10.1. The molecular formula is C24H25FN2O5S. The van der Waals surface area contributed by atoms with Gasteiger partial charge in [-0.25, -0.2) is 12.8 Å².